The number of halogens is 4. The molecule has 0 spiro atoms. The summed E-state index contributed by atoms with van der Waals surface area (Å²) < 4.78 is 52.1. The van der Waals surface area contributed by atoms with Crippen LogP contribution in [-0.2, 0) is 6.18 Å². The number of amides is 1. The van der Waals surface area contributed by atoms with Gasteiger partial charge in [-0.3, -0.25) is 4.79 Å². The first-order valence-corrected chi connectivity index (χ1v) is 7.79. The third-order valence-corrected chi connectivity index (χ3v) is 3.62. The Hall–Kier alpha value is -3.42. The zero-order valence-corrected chi connectivity index (χ0v) is 13.7. The van der Waals surface area contributed by atoms with Crippen molar-refractivity contribution >= 4 is 23.1 Å². The van der Waals surface area contributed by atoms with Crippen molar-refractivity contribution in [1.82, 2.24) is 4.98 Å². The van der Waals surface area contributed by atoms with Crippen LogP contribution in [0, 0.1) is 5.82 Å². The number of para-hydroxylation sites is 1. The minimum atomic E-state index is -4.53. The fourth-order valence-electron chi connectivity index (χ4n) is 2.35. The van der Waals surface area contributed by atoms with Crippen LogP contribution in [0.1, 0.15) is 15.9 Å². The summed E-state index contributed by atoms with van der Waals surface area (Å²) in [4.78, 5) is 16.2. The minimum absolute atomic E-state index is 0.0819. The van der Waals surface area contributed by atoms with Crippen LogP contribution in [0.3, 0.4) is 0 Å². The molecule has 4 nitrogen and oxygen atoms in total. The van der Waals surface area contributed by atoms with Gasteiger partial charge in [0, 0.05) is 17.4 Å². The van der Waals surface area contributed by atoms with Gasteiger partial charge in [0.15, 0.2) is 0 Å². The number of carbonyl (C=O) groups excluding carboxylic acids is 1. The number of alkyl halides is 3. The highest BCUT2D eigenvalue weighted by atomic mass is 19.4. The van der Waals surface area contributed by atoms with E-state index in [0.29, 0.717) is 5.69 Å². The molecule has 0 saturated carbocycles. The Kier molecular flexibility index (Phi) is 5.07. The summed E-state index contributed by atoms with van der Waals surface area (Å²) in [7, 11) is 0. The van der Waals surface area contributed by atoms with Crippen molar-refractivity contribution < 1.29 is 22.4 Å². The number of hydrogen-bond donors (Lipinski definition) is 2. The van der Waals surface area contributed by atoms with Crippen molar-refractivity contribution in [1.29, 1.82) is 0 Å². The molecule has 3 rings (SSSR count). The number of carbonyl (C=O) groups is 1. The monoisotopic (exact) mass is 375 g/mol. The summed E-state index contributed by atoms with van der Waals surface area (Å²) in [5.41, 5.74) is -0.446. The molecular weight excluding hydrogens is 362 g/mol. The molecule has 0 aliphatic carbocycles. The van der Waals surface area contributed by atoms with E-state index in [1.165, 1.54) is 60.8 Å². The van der Waals surface area contributed by atoms with Crippen LogP contribution in [0.15, 0.2) is 66.9 Å². The molecule has 3 aromatic rings. The highest BCUT2D eigenvalue weighted by molar-refractivity contribution is 6.04. The van der Waals surface area contributed by atoms with E-state index in [1.54, 1.807) is 0 Å². The summed E-state index contributed by atoms with van der Waals surface area (Å²) in [6, 6.07) is 12.9. The second-order valence-electron chi connectivity index (χ2n) is 5.56. The number of aromatic nitrogens is 1. The van der Waals surface area contributed by atoms with E-state index in [-0.39, 0.29) is 17.1 Å². The molecule has 1 amide bonds. The topological polar surface area (TPSA) is 54.0 Å². The SMILES string of the molecule is O=C(Nc1ccc(F)cc1)c1ccnc(Nc2ccccc2C(F)(F)F)c1. The third-order valence-electron chi connectivity index (χ3n) is 3.62. The Labute approximate surface area is 151 Å². The van der Waals surface area contributed by atoms with E-state index < -0.39 is 23.5 Å². The average molecular weight is 375 g/mol. The Balaban J connectivity index is 1.80. The minimum Gasteiger partial charge on any atom is -0.340 e. The average Bonchev–Trinajstić information content (AvgIpc) is 2.63. The fourth-order valence-corrected chi connectivity index (χ4v) is 2.35. The molecule has 8 heteroatoms. The van der Waals surface area contributed by atoms with Crippen LogP contribution >= 0.6 is 0 Å². The van der Waals surface area contributed by atoms with Crippen LogP contribution < -0.4 is 10.6 Å². The number of pyridine rings is 1. The maximum Gasteiger partial charge on any atom is 0.418 e. The lowest BCUT2D eigenvalue weighted by Gasteiger charge is -2.14. The number of nitrogens with one attached hydrogen (secondary N) is 2. The quantitative estimate of drug-likeness (QED) is 0.614. The number of nitrogens with zero attached hydrogens (tertiary/aromatic N) is 1. The first kappa shape index (κ1) is 18.4. The maximum absolute atomic E-state index is 13.1. The lowest BCUT2D eigenvalue weighted by atomic mass is 10.1. The van der Waals surface area contributed by atoms with Crippen LogP contribution in [-0.4, -0.2) is 10.9 Å². The Morgan fingerprint density at radius 1 is 0.963 bits per heavy atom. The molecule has 0 aliphatic rings. The van der Waals surface area contributed by atoms with Crippen molar-refractivity contribution in [3.05, 3.63) is 83.8 Å². The van der Waals surface area contributed by atoms with Crippen molar-refractivity contribution in [3.63, 3.8) is 0 Å². The van der Waals surface area contributed by atoms with Gasteiger partial charge in [-0.15, -0.1) is 0 Å². The van der Waals surface area contributed by atoms with Gasteiger partial charge in [0.05, 0.1) is 11.3 Å². The number of anilines is 3. The summed E-state index contributed by atoms with van der Waals surface area (Å²) in [6.45, 7) is 0. The van der Waals surface area contributed by atoms with Gasteiger partial charge >= 0.3 is 6.18 Å². The molecule has 27 heavy (non-hydrogen) atoms. The summed E-state index contributed by atoms with van der Waals surface area (Å²) in [5, 5.41) is 5.16. The van der Waals surface area contributed by atoms with E-state index >= 15 is 0 Å². The molecular formula is C19H13F4N3O. The molecule has 0 bridgehead atoms. The molecule has 138 valence electrons. The molecule has 0 atom stereocenters. The Bertz CT molecular complexity index is 956. The van der Waals surface area contributed by atoms with Crippen LogP contribution in [0.25, 0.3) is 0 Å². The van der Waals surface area contributed by atoms with Gasteiger partial charge in [0.1, 0.15) is 11.6 Å². The molecule has 1 heterocycles. The van der Waals surface area contributed by atoms with E-state index in [0.717, 1.165) is 6.07 Å². The molecule has 0 fully saturated rings. The number of benzene rings is 2. The zero-order chi connectivity index (χ0) is 19.4. The zero-order valence-electron chi connectivity index (χ0n) is 13.7. The number of rotatable bonds is 4. The van der Waals surface area contributed by atoms with Crippen LogP contribution in [0.2, 0.25) is 0 Å². The number of hydrogen-bond acceptors (Lipinski definition) is 3. The smallest absolute Gasteiger partial charge is 0.340 e. The maximum atomic E-state index is 13.1. The van der Waals surface area contributed by atoms with E-state index in [2.05, 4.69) is 15.6 Å². The highest BCUT2D eigenvalue weighted by Gasteiger charge is 2.33. The molecule has 0 aliphatic heterocycles. The lowest BCUT2D eigenvalue weighted by Crippen LogP contribution is -2.13. The van der Waals surface area contributed by atoms with E-state index in [4.69, 9.17) is 0 Å². The first-order chi connectivity index (χ1) is 12.8. The van der Waals surface area contributed by atoms with Gasteiger partial charge in [-0.25, -0.2) is 9.37 Å². The predicted octanol–water partition coefficient (Wildman–Crippen LogP) is 5.24. The second-order valence-corrected chi connectivity index (χ2v) is 5.56. The van der Waals surface area contributed by atoms with E-state index in [1.807, 2.05) is 0 Å². The second kappa shape index (κ2) is 7.45. The predicted molar refractivity (Wildman–Crippen MR) is 93.3 cm³/mol. The van der Waals surface area contributed by atoms with Crippen molar-refractivity contribution in [2.24, 2.45) is 0 Å². The molecule has 0 radical (unpaired) electrons. The van der Waals surface area contributed by atoms with Crippen LogP contribution in [0.4, 0.5) is 34.8 Å². The molecule has 2 aromatic carbocycles. The van der Waals surface area contributed by atoms with Crippen LogP contribution in [0.5, 0.6) is 0 Å². The summed E-state index contributed by atoms with van der Waals surface area (Å²) >= 11 is 0. The van der Waals surface area contributed by atoms with Gasteiger partial charge < -0.3 is 10.6 Å². The standard InChI is InChI=1S/C19H13F4N3O/c20-13-5-7-14(8-6-13)25-18(27)12-9-10-24-17(11-12)26-16-4-2-1-3-15(16)19(21,22)23/h1-11H,(H,24,26)(H,25,27). The lowest BCUT2D eigenvalue weighted by molar-refractivity contribution is -0.136. The van der Waals surface area contributed by atoms with Gasteiger partial charge in [-0.2, -0.15) is 13.2 Å². The van der Waals surface area contributed by atoms with Gasteiger partial charge in [-0.1, -0.05) is 12.1 Å². The summed E-state index contributed by atoms with van der Waals surface area (Å²) in [6.07, 6.45) is -3.22. The molecule has 2 N–H and O–H groups in total. The Morgan fingerprint density at radius 3 is 2.37 bits per heavy atom. The Morgan fingerprint density at radius 2 is 1.67 bits per heavy atom. The van der Waals surface area contributed by atoms with E-state index in [9.17, 15) is 22.4 Å². The first-order valence-electron chi connectivity index (χ1n) is 7.79. The summed E-state index contributed by atoms with van der Waals surface area (Å²) in [5.74, 6) is -0.860. The van der Waals surface area contributed by atoms with Crippen molar-refractivity contribution in [3.8, 4) is 0 Å². The van der Waals surface area contributed by atoms with Gasteiger partial charge in [-0.05, 0) is 48.5 Å². The largest absolute Gasteiger partial charge is 0.418 e. The molecule has 0 saturated heterocycles. The third kappa shape index (κ3) is 4.60. The highest BCUT2D eigenvalue weighted by Crippen LogP contribution is 2.35. The van der Waals surface area contributed by atoms with Crippen molar-refractivity contribution in [2.75, 3.05) is 10.6 Å². The fraction of sp³-hybridized carbons (Fsp3) is 0.0526. The van der Waals surface area contributed by atoms with Gasteiger partial charge in [0.2, 0.25) is 0 Å². The molecule has 0 unspecified atom stereocenters. The normalized spacial score (nSPS) is 11.1. The van der Waals surface area contributed by atoms with Crippen molar-refractivity contribution in [2.45, 2.75) is 6.18 Å². The molecule has 1 aromatic heterocycles. The van der Waals surface area contributed by atoms with Gasteiger partial charge in [0.25, 0.3) is 5.91 Å².